The highest BCUT2D eigenvalue weighted by molar-refractivity contribution is 7.92. The maximum absolute atomic E-state index is 13.5. The van der Waals surface area contributed by atoms with Gasteiger partial charge < -0.3 is 4.74 Å². The van der Waals surface area contributed by atoms with Crippen LogP contribution in [0.25, 0.3) is 0 Å². The Bertz CT molecular complexity index is 751. The zero-order valence-electron chi connectivity index (χ0n) is 12.4. The molecule has 0 saturated carbocycles. The smallest absolute Gasteiger partial charge is 0.270 e. The van der Waals surface area contributed by atoms with E-state index in [9.17, 15) is 12.8 Å². The number of hydrogen-bond acceptors (Lipinski definition) is 5. The number of halogens is 1. The van der Waals surface area contributed by atoms with Crippen LogP contribution in [0.2, 0.25) is 0 Å². The van der Waals surface area contributed by atoms with Crippen molar-refractivity contribution in [3.8, 4) is 5.75 Å². The van der Waals surface area contributed by atoms with Gasteiger partial charge in [0.25, 0.3) is 10.0 Å². The molecule has 6 nitrogen and oxygen atoms in total. The van der Waals surface area contributed by atoms with Crippen molar-refractivity contribution in [3.05, 3.63) is 42.5 Å². The number of rotatable bonds is 5. The zero-order chi connectivity index (χ0) is 16.3. The van der Waals surface area contributed by atoms with Gasteiger partial charge in [0.05, 0.1) is 6.10 Å². The molecule has 0 saturated heterocycles. The lowest BCUT2D eigenvalue weighted by Gasteiger charge is -2.20. The SMILES string of the molecule is CC(C)Oc1ccc(F)cc1S(=O)(=O)N(C)c1ncccn1. The van der Waals surface area contributed by atoms with Crippen LogP contribution in [0.5, 0.6) is 5.75 Å². The predicted octanol–water partition coefficient (Wildman–Crippen LogP) is 2.23. The van der Waals surface area contributed by atoms with E-state index in [0.717, 1.165) is 16.4 Å². The Morgan fingerprint density at radius 2 is 1.86 bits per heavy atom. The molecular formula is C14H16FN3O3S. The molecular weight excluding hydrogens is 309 g/mol. The van der Waals surface area contributed by atoms with Gasteiger partial charge in [-0.25, -0.2) is 27.1 Å². The molecule has 1 aromatic carbocycles. The lowest BCUT2D eigenvalue weighted by atomic mass is 10.3. The lowest BCUT2D eigenvalue weighted by molar-refractivity contribution is 0.235. The summed E-state index contributed by atoms with van der Waals surface area (Å²) in [7, 11) is -2.75. The second-order valence-electron chi connectivity index (χ2n) is 4.78. The van der Waals surface area contributed by atoms with E-state index >= 15 is 0 Å². The van der Waals surface area contributed by atoms with Crippen LogP contribution < -0.4 is 9.04 Å². The minimum atomic E-state index is -4.05. The van der Waals surface area contributed by atoms with E-state index in [-0.39, 0.29) is 22.7 Å². The third-order valence-electron chi connectivity index (χ3n) is 2.74. The van der Waals surface area contributed by atoms with Gasteiger partial charge in [0, 0.05) is 19.4 Å². The minimum absolute atomic E-state index is 0.0118. The molecule has 1 heterocycles. The van der Waals surface area contributed by atoms with Gasteiger partial charge in [0.2, 0.25) is 5.95 Å². The van der Waals surface area contributed by atoms with Crippen LogP contribution in [0.15, 0.2) is 41.6 Å². The van der Waals surface area contributed by atoms with Crippen molar-refractivity contribution in [1.29, 1.82) is 0 Å². The first-order valence-electron chi connectivity index (χ1n) is 6.54. The third kappa shape index (κ3) is 3.33. The monoisotopic (exact) mass is 325 g/mol. The molecule has 22 heavy (non-hydrogen) atoms. The molecule has 118 valence electrons. The second-order valence-corrected chi connectivity index (χ2v) is 6.72. The Hall–Kier alpha value is -2.22. The molecule has 0 radical (unpaired) electrons. The summed E-state index contributed by atoms with van der Waals surface area (Å²) in [5.41, 5.74) is 0. The largest absolute Gasteiger partial charge is 0.490 e. The molecule has 0 bridgehead atoms. The lowest BCUT2D eigenvalue weighted by Crippen LogP contribution is -2.29. The summed E-state index contributed by atoms with van der Waals surface area (Å²) in [6.07, 6.45) is 2.59. The Balaban J connectivity index is 2.51. The Morgan fingerprint density at radius 1 is 1.23 bits per heavy atom. The molecule has 0 N–H and O–H groups in total. The van der Waals surface area contributed by atoms with Crippen LogP contribution >= 0.6 is 0 Å². The molecule has 0 aliphatic carbocycles. The fourth-order valence-electron chi connectivity index (χ4n) is 1.74. The maximum atomic E-state index is 13.5. The van der Waals surface area contributed by atoms with Crippen molar-refractivity contribution in [2.45, 2.75) is 24.8 Å². The summed E-state index contributed by atoms with van der Waals surface area (Å²) < 4.78 is 45.2. The molecule has 2 aromatic rings. The number of ether oxygens (including phenoxy) is 1. The molecule has 0 aliphatic rings. The topological polar surface area (TPSA) is 72.4 Å². The first kappa shape index (κ1) is 16.2. The first-order valence-corrected chi connectivity index (χ1v) is 7.98. The highest BCUT2D eigenvalue weighted by atomic mass is 32.2. The molecule has 8 heteroatoms. The van der Waals surface area contributed by atoms with Gasteiger partial charge in [-0.05, 0) is 38.1 Å². The standard InChI is InChI=1S/C14H16FN3O3S/c1-10(2)21-12-6-5-11(15)9-13(12)22(19,20)18(3)14-16-7-4-8-17-14/h4-10H,1-3H3. The quantitative estimate of drug-likeness (QED) is 0.843. The Labute approximate surface area is 128 Å². The van der Waals surface area contributed by atoms with Crippen LogP contribution in [0.1, 0.15) is 13.8 Å². The fourth-order valence-corrected chi connectivity index (χ4v) is 2.98. The van der Waals surface area contributed by atoms with Gasteiger partial charge in [0.15, 0.2) is 0 Å². The molecule has 0 atom stereocenters. The average molecular weight is 325 g/mol. The molecule has 1 aromatic heterocycles. The van der Waals surface area contributed by atoms with Crippen molar-refractivity contribution in [3.63, 3.8) is 0 Å². The van der Waals surface area contributed by atoms with Crippen molar-refractivity contribution in [2.75, 3.05) is 11.4 Å². The molecule has 0 aliphatic heterocycles. The summed E-state index contributed by atoms with van der Waals surface area (Å²) in [5.74, 6) is -0.599. The number of hydrogen-bond donors (Lipinski definition) is 0. The summed E-state index contributed by atoms with van der Waals surface area (Å²) in [6, 6.07) is 4.93. The molecule has 0 fully saturated rings. The van der Waals surface area contributed by atoms with Gasteiger partial charge in [-0.3, -0.25) is 0 Å². The van der Waals surface area contributed by atoms with Crippen LogP contribution in [0, 0.1) is 5.82 Å². The van der Waals surface area contributed by atoms with E-state index in [1.807, 2.05) is 0 Å². The Kier molecular flexibility index (Phi) is 4.60. The zero-order valence-corrected chi connectivity index (χ0v) is 13.2. The highest BCUT2D eigenvalue weighted by Gasteiger charge is 2.27. The normalized spacial score (nSPS) is 11.5. The third-order valence-corrected chi connectivity index (χ3v) is 4.50. The summed E-state index contributed by atoms with van der Waals surface area (Å²) in [4.78, 5) is 7.50. The molecule has 0 amide bonds. The first-order chi connectivity index (χ1) is 10.3. The average Bonchev–Trinajstić information content (AvgIpc) is 2.48. The molecule has 2 rings (SSSR count). The summed E-state index contributed by atoms with van der Waals surface area (Å²) >= 11 is 0. The van der Waals surface area contributed by atoms with E-state index < -0.39 is 15.8 Å². The fraction of sp³-hybridized carbons (Fsp3) is 0.286. The van der Waals surface area contributed by atoms with E-state index in [2.05, 4.69) is 9.97 Å². The van der Waals surface area contributed by atoms with Crippen molar-refractivity contribution >= 4 is 16.0 Å². The number of benzene rings is 1. The Morgan fingerprint density at radius 3 is 2.45 bits per heavy atom. The van der Waals surface area contributed by atoms with Gasteiger partial charge in [-0.15, -0.1) is 0 Å². The van der Waals surface area contributed by atoms with Crippen molar-refractivity contribution in [1.82, 2.24) is 9.97 Å². The van der Waals surface area contributed by atoms with E-state index in [4.69, 9.17) is 4.74 Å². The molecule has 0 spiro atoms. The van der Waals surface area contributed by atoms with Crippen LogP contribution in [-0.2, 0) is 10.0 Å². The number of aromatic nitrogens is 2. The van der Waals surface area contributed by atoms with Crippen LogP contribution in [-0.4, -0.2) is 31.5 Å². The number of nitrogens with zero attached hydrogens (tertiary/aromatic N) is 3. The van der Waals surface area contributed by atoms with E-state index in [0.29, 0.717) is 0 Å². The van der Waals surface area contributed by atoms with Gasteiger partial charge in [-0.2, -0.15) is 0 Å². The van der Waals surface area contributed by atoms with Crippen LogP contribution in [0.4, 0.5) is 10.3 Å². The highest BCUT2D eigenvalue weighted by Crippen LogP contribution is 2.29. The maximum Gasteiger partial charge on any atom is 0.270 e. The van der Waals surface area contributed by atoms with Crippen molar-refractivity contribution < 1.29 is 17.5 Å². The predicted molar refractivity (Wildman–Crippen MR) is 79.8 cm³/mol. The second kappa shape index (κ2) is 6.27. The van der Waals surface area contributed by atoms with E-state index in [1.54, 1.807) is 19.9 Å². The van der Waals surface area contributed by atoms with Gasteiger partial charge >= 0.3 is 0 Å². The summed E-state index contributed by atoms with van der Waals surface area (Å²) in [6.45, 7) is 3.51. The van der Waals surface area contributed by atoms with Crippen molar-refractivity contribution in [2.24, 2.45) is 0 Å². The molecule has 0 unspecified atom stereocenters. The number of sulfonamides is 1. The summed E-state index contributed by atoms with van der Waals surface area (Å²) in [5, 5.41) is 0. The van der Waals surface area contributed by atoms with E-state index in [1.165, 1.54) is 25.5 Å². The van der Waals surface area contributed by atoms with Crippen LogP contribution in [0.3, 0.4) is 0 Å². The number of anilines is 1. The van der Waals surface area contributed by atoms with Gasteiger partial charge in [0.1, 0.15) is 16.5 Å². The minimum Gasteiger partial charge on any atom is -0.490 e. The van der Waals surface area contributed by atoms with Gasteiger partial charge in [-0.1, -0.05) is 0 Å².